The van der Waals surface area contributed by atoms with Crippen LogP contribution in [0.5, 0.6) is 0 Å². The number of thiazole rings is 1. The Labute approximate surface area is 108 Å². The molecule has 6 nitrogen and oxygen atoms in total. The molecule has 0 saturated heterocycles. The van der Waals surface area contributed by atoms with E-state index in [4.69, 9.17) is 9.79 Å². The maximum atomic E-state index is 10.9. The summed E-state index contributed by atoms with van der Waals surface area (Å²) < 4.78 is 10.9. The Morgan fingerprint density at radius 2 is 2.47 bits per heavy atom. The fraction of sp³-hybridized carbons (Fsp3) is 0.500. The van der Waals surface area contributed by atoms with Crippen LogP contribution < -0.4 is 5.32 Å². The predicted molar refractivity (Wildman–Crippen MR) is 71.7 cm³/mol. The maximum Gasteiger partial charge on any atom is 0.390 e. The van der Waals surface area contributed by atoms with Crippen LogP contribution in [0.3, 0.4) is 0 Å². The highest BCUT2D eigenvalue weighted by molar-refractivity contribution is 7.98. The molecule has 1 aromatic heterocycles. The van der Waals surface area contributed by atoms with Crippen molar-refractivity contribution in [3.63, 3.8) is 0 Å². The number of aromatic nitrogens is 1. The highest BCUT2D eigenvalue weighted by Crippen LogP contribution is 2.34. The zero-order valence-electron chi connectivity index (χ0n) is 9.24. The van der Waals surface area contributed by atoms with E-state index in [-0.39, 0.29) is 5.58 Å². The quantitative estimate of drug-likeness (QED) is 0.315. The van der Waals surface area contributed by atoms with Crippen LogP contribution in [-0.2, 0) is 10.3 Å². The molecule has 0 bridgehead atoms. The number of rotatable bonds is 6. The third-order valence-corrected chi connectivity index (χ3v) is 4.57. The van der Waals surface area contributed by atoms with Gasteiger partial charge in [0.1, 0.15) is 5.01 Å². The molecule has 0 aliphatic rings. The van der Waals surface area contributed by atoms with Gasteiger partial charge in [-0.05, 0) is 0 Å². The molecule has 0 spiro atoms. The van der Waals surface area contributed by atoms with E-state index < -0.39 is 7.60 Å². The number of hydrogen-bond donors (Lipinski definition) is 3. The van der Waals surface area contributed by atoms with Gasteiger partial charge in [0.25, 0.3) is 0 Å². The van der Waals surface area contributed by atoms with Crippen molar-refractivity contribution >= 4 is 36.3 Å². The van der Waals surface area contributed by atoms with E-state index in [9.17, 15) is 4.57 Å². The van der Waals surface area contributed by atoms with Gasteiger partial charge >= 0.3 is 7.60 Å². The van der Waals surface area contributed by atoms with Crippen molar-refractivity contribution in [2.75, 3.05) is 19.3 Å². The van der Waals surface area contributed by atoms with Gasteiger partial charge < -0.3 is 15.1 Å². The minimum absolute atomic E-state index is 0.257. The van der Waals surface area contributed by atoms with Gasteiger partial charge in [-0.25, -0.2) is 4.98 Å². The number of nitrogens with one attached hydrogen (secondary N) is 1. The third-order valence-electron chi connectivity index (χ3n) is 1.73. The minimum Gasteiger partial charge on any atom is -0.363 e. The number of hydrogen-bond acceptors (Lipinski definition) is 5. The van der Waals surface area contributed by atoms with Crippen LogP contribution in [0.15, 0.2) is 16.6 Å². The van der Waals surface area contributed by atoms with Crippen LogP contribution in [0.4, 0.5) is 0 Å². The van der Waals surface area contributed by atoms with Crippen molar-refractivity contribution in [1.82, 2.24) is 10.3 Å². The Bertz CT molecular complexity index is 404. The average Bonchev–Trinajstić information content (AvgIpc) is 2.74. The normalized spacial score (nSPS) is 12.8. The minimum atomic E-state index is -4.25. The monoisotopic (exact) mass is 295 g/mol. The average molecular weight is 295 g/mol. The number of aliphatic imine (C=N–C) groups is 1. The maximum absolute atomic E-state index is 10.9. The summed E-state index contributed by atoms with van der Waals surface area (Å²) in [6.07, 6.45) is 1.76. The van der Waals surface area contributed by atoms with Crippen molar-refractivity contribution in [2.24, 2.45) is 4.99 Å². The summed E-state index contributed by atoms with van der Waals surface area (Å²) in [4.78, 5) is 25.4. The first-order chi connectivity index (χ1) is 8.04. The van der Waals surface area contributed by atoms with E-state index in [0.717, 1.165) is 16.5 Å². The second-order valence-electron chi connectivity index (χ2n) is 3.00. The zero-order valence-corrected chi connectivity index (χ0v) is 11.8. The molecule has 96 valence electrons. The van der Waals surface area contributed by atoms with Gasteiger partial charge in [-0.2, -0.15) is 11.8 Å². The molecule has 1 rings (SSSR count). The van der Waals surface area contributed by atoms with E-state index in [1.807, 2.05) is 5.38 Å². The summed E-state index contributed by atoms with van der Waals surface area (Å²) in [5, 5.41) is 5.61. The second kappa shape index (κ2) is 7.13. The number of thioether (sulfide) groups is 1. The largest absolute Gasteiger partial charge is 0.390 e. The lowest BCUT2D eigenvalue weighted by Crippen LogP contribution is -2.25. The van der Waals surface area contributed by atoms with Crippen molar-refractivity contribution < 1.29 is 14.4 Å². The van der Waals surface area contributed by atoms with Crippen LogP contribution in [0.25, 0.3) is 0 Å². The first-order valence-electron chi connectivity index (χ1n) is 4.77. The van der Waals surface area contributed by atoms with Crippen molar-refractivity contribution in [1.29, 1.82) is 0 Å². The Kier molecular flexibility index (Phi) is 6.15. The van der Waals surface area contributed by atoms with Crippen LogP contribution >= 0.6 is 30.7 Å². The van der Waals surface area contributed by atoms with E-state index in [2.05, 4.69) is 15.3 Å². The lowest BCUT2D eigenvalue weighted by Gasteiger charge is -2.09. The SMILES string of the molecule is CN=C(NCCSCc1nccs1)P(=O)(O)O. The fourth-order valence-electron chi connectivity index (χ4n) is 1.03. The lowest BCUT2D eigenvalue weighted by molar-refractivity contribution is 0.389. The Morgan fingerprint density at radius 1 is 1.71 bits per heavy atom. The molecule has 0 aliphatic carbocycles. The molecule has 17 heavy (non-hydrogen) atoms. The Morgan fingerprint density at radius 3 is 3.00 bits per heavy atom. The highest BCUT2D eigenvalue weighted by atomic mass is 32.2. The molecule has 0 atom stereocenters. The molecule has 0 aromatic carbocycles. The lowest BCUT2D eigenvalue weighted by atomic mass is 10.7. The predicted octanol–water partition coefficient (Wildman–Crippen LogP) is 1.13. The number of nitrogens with zero attached hydrogens (tertiary/aromatic N) is 2. The zero-order chi connectivity index (χ0) is 12.7. The van der Waals surface area contributed by atoms with Gasteiger partial charge in [0.05, 0.1) is 0 Å². The smallest absolute Gasteiger partial charge is 0.363 e. The van der Waals surface area contributed by atoms with E-state index in [0.29, 0.717) is 6.54 Å². The van der Waals surface area contributed by atoms with Gasteiger partial charge in [0.2, 0.25) is 5.58 Å². The third kappa shape index (κ3) is 5.65. The highest BCUT2D eigenvalue weighted by Gasteiger charge is 2.21. The van der Waals surface area contributed by atoms with Crippen molar-refractivity contribution in [3.8, 4) is 0 Å². The Balaban J connectivity index is 2.18. The number of amidine groups is 1. The molecule has 0 saturated carbocycles. The molecule has 9 heteroatoms. The molecular formula is C8H14N3O3PS2. The van der Waals surface area contributed by atoms with Gasteiger partial charge in [-0.3, -0.25) is 9.56 Å². The fourth-order valence-corrected chi connectivity index (χ4v) is 3.17. The molecule has 0 fully saturated rings. The van der Waals surface area contributed by atoms with E-state index >= 15 is 0 Å². The van der Waals surface area contributed by atoms with Crippen LogP contribution in [-0.4, -0.2) is 39.7 Å². The molecule has 0 unspecified atom stereocenters. The van der Waals surface area contributed by atoms with E-state index in [1.54, 1.807) is 29.3 Å². The Hall–Kier alpha value is -0.400. The van der Waals surface area contributed by atoms with Gasteiger partial charge in [0, 0.05) is 36.7 Å². The molecule has 3 N–H and O–H groups in total. The first kappa shape index (κ1) is 14.7. The summed E-state index contributed by atoms with van der Waals surface area (Å²) in [5.41, 5.74) is -0.257. The summed E-state index contributed by atoms with van der Waals surface area (Å²) >= 11 is 3.25. The topological polar surface area (TPSA) is 94.8 Å². The summed E-state index contributed by atoms with van der Waals surface area (Å²) in [6.45, 7) is 0.466. The summed E-state index contributed by atoms with van der Waals surface area (Å²) in [6, 6.07) is 0. The molecule has 0 amide bonds. The van der Waals surface area contributed by atoms with Crippen LogP contribution in [0.2, 0.25) is 0 Å². The molecule has 1 aromatic rings. The summed E-state index contributed by atoms with van der Waals surface area (Å²) in [5.74, 6) is 1.55. The standard InChI is InChI=1S/C8H14N3O3PS2/c1-9-8(15(12,13)14)11-2-4-16-6-7-10-3-5-17-7/h3,5H,2,4,6H2,1H3,(H,9,11)(H2,12,13,14). The van der Waals surface area contributed by atoms with Crippen LogP contribution in [0, 0.1) is 0 Å². The molecule has 0 aliphatic heterocycles. The van der Waals surface area contributed by atoms with Crippen molar-refractivity contribution in [2.45, 2.75) is 5.75 Å². The van der Waals surface area contributed by atoms with Gasteiger partial charge in [-0.1, -0.05) is 0 Å². The molecular weight excluding hydrogens is 281 g/mol. The van der Waals surface area contributed by atoms with Crippen LogP contribution in [0.1, 0.15) is 5.01 Å². The first-order valence-corrected chi connectivity index (χ1v) is 8.41. The second-order valence-corrected chi connectivity index (χ2v) is 6.59. The molecule has 1 heterocycles. The van der Waals surface area contributed by atoms with Gasteiger partial charge in [-0.15, -0.1) is 11.3 Å². The molecule has 0 radical (unpaired) electrons. The van der Waals surface area contributed by atoms with Crippen molar-refractivity contribution in [3.05, 3.63) is 16.6 Å². The summed E-state index contributed by atoms with van der Waals surface area (Å²) in [7, 11) is -2.90. The van der Waals surface area contributed by atoms with Gasteiger partial charge in [0.15, 0.2) is 0 Å². The van der Waals surface area contributed by atoms with E-state index in [1.165, 1.54) is 7.05 Å².